The van der Waals surface area contributed by atoms with Gasteiger partial charge >= 0.3 is 0 Å². The van der Waals surface area contributed by atoms with Crippen LogP contribution in [-0.2, 0) is 4.74 Å². The molecule has 0 aromatic heterocycles. The second kappa shape index (κ2) is 4.09. The van der Waals surface area contributed by atoms with Crippen LogP contribution in [-0.4, -0.2) is 18.0 Å². The zero-order valence-corrected chi connectivity index (χ0v) is 8.60. The topological polar surface area (TPSA) is 59.1 Å². The van der Waals surface area contributed by atoms with E-state index in [0.717, 1.165) is 31.6 Å². The van der Waals surface area contributed by atoms with Crippen LogP contribution in [0.1, 0.15) is 39.5 Å². The Morgan fingerprint density at radius 2 is 2.08 bits per heavy atom. The van der Waals surface area contributed by atoms with Crippen molar-refractivity contribution in [3.05, 3.63) is 0 Å². The van der Waals surface area contributed by atoms with Gasteiger partial charge in [-0.25, -0.2) is 0 Å². The first-order chi connectivity index (χ1) is 6.10. The summed E-state index contributed by atoms with van der Waals surface area (Å²) in [6, 6.07) is 0. The second-order valence-corrected chi connectivity index (χ2v) is 4.02. The first kappa shape index (κ1) is 10.5. The van der Waals surface area contributed by atoms with E-state index >= 15 is 0 Å². The summed E-state index contributed by atoms with van der Waals surface area (Å²) in [5.74, 6) is 0.967. The van der Waals surface area contributed by atoms with Crippen molar-refractivity contribution in [3.63, 3.8) is 0 Å². The summed E-state index contributed by atoms with van der Waals surface area (Å²) in [6.07, 6.45) is 4.08. The maximum absolute atomic E-state index is 7.56. The standard InChI is InChI=1S/C10H20N2O/c1-3-13-10(9(11)12)6-4-8(2)5-7-10/h8H,3-7H2,1-2H3,(H3,11,12). The van der Waals surface area contributed by atoms with Gasteiger partial charge in [-0.1, -0.05) is 6.92 Å². The van der Waals surface area contributed by atoms with Crippen LogP contribution >= 0.6 is 0 Å². The first-order valence-corrected chi connectivity index (χ1v) is 5.09. The summed E-state index contributed by atoms with van der Waals surface area (Å²) >= 11 is 0. The fourth-order valence-corrected chi connectivity index (χ4v) is 2.00. The molecule has 1 saturated carbocycles. The lowest BCUT2D eigenvalue weighted by Gasteiger charge is -2.38. The Kier molecular flexibility index (Phi) is 3.31. The van der Waals surface area contributed by atoms with E-state index < -0.39 is 5.60 Å². The third kappa shape index (κ3) is 2.21. The Hall–Kier alpha value is -0.570. The van der Waals surface area contributed by atoms with Crippen molar-refractivity contribution in [1.82, 2.24) is 0 Å². The average molecular weight is 184 g/mol. The molecule has 0 spiro atoms. The number of rotatable bonds is 3. The number of ether oxygens (including phenoxy) is 1. The third-order valence-corrected chi connectivity index (χ3v) is 2.99. The molecule has 0 unspecified atom stereocenters. The number of nitrogens with two attached hydrogens (primary N) is 1. The summed E-state index contributed by atoms with van der Waals surface area (Å²) in [4.78, 5) is 0. The largest absolute Gasteiger partial charge is 0.385 e. The lowest BCUT2D eigenvalue weighted by atomic mass is 9.79. The maximum atomic E-state index is 7.56. The fraction of sp³-hybridized carbons (Fsp3) is 0.900. The highest BCUT2D eigenvalue weighted by Gasteiger charge is 2.37. The zero-order chi connectivity index (χ0) is 9.90. The van der Waals surface area contributed by atoms with Crippen LogP contribution in [0.2, 0.25) is 0 Å². The summed E-state index contributed by atoms with van der Waals surface area (Å²) in [7, 11) is 0. The first-order valence-electron chi connectivity index (χ1n) is 5.09. The molecule has 3 nitrogen and oxygen atoms in total. The average Bonchev–Trinajstić information content (AvgIpc) is 2.09. The highest BCUT2D eigenvalue weighted by Crippen LogP contribution is 2.34. The smallest absolute Gasteiger partial charge is 0.124 e. The van der Waals surface area contributed by atoms with Gasteiger partial charge in [0.1, 0.15) is 11.4 Å². The van der Waals surface area contributed by atoms with Crippen molar-refractivity contribution < 1.29 is 4.74 Å². The van der Waals surface area contributed by atoms with Gasteiger partial charge in [0.05, 0.1) is 0 Å². The van der Waals surface area contributed by atoms with Crippen LogP contribution in [0.5, 0.6) is 0 Å². The lowest BCUT2D eigenvalue weighted by molar-refractivity contribution is -0.0206. The molecule has 0 aromatic carbocycles. The van der Waals surface area contributed by atoms with Gasteiger partial charge < -0.3 is 10.5 Å². The van der Waals surface area contributed by atoms with Gasteiger partial charge in [-0.2, -0.15) is 0 Å². The van der Waals surface area contributed by atoms with Crippen LogP contribution in [0.25, 0.3) is 0 Å². The maximum Gasteiger partial charge on any atom is 0.124 e. The molecule has 0 heterocycles. The van der Waals surface area contributed by atoms with E-state index in [2.05, 4.69) is 6.92 Å². The zero-order valence-electron chi connectivity index (χ0n) is 8.60. The Labute approximate surface area is 80.2 Å². The molecule has 0 amide bonds. The van der Waals surface area contributed by atoms with E-state index in [9.17, 15) is 0 Å². The molecule has 0 bridgehead atoms. The summed E-state index contributed by atoms with van der Waals surface area (Å²) < 4.78 is 5.63. The molecule has 0 aliphatic heterocycles. The molecule has 0 radical (unpaired) electrons. The van der Waals surface area contributed by atoms with E-state index in [4.69, 9.17) is 15.9 Å². The van der Waals surface area contributed by atoms with Crippen LogP contribution < -0.4 is 5.73 Å². The van der Waals surface area contributed by atoms with Gasteiger partial charge in [-0.15, -0.1) is 0 Å². The third-order valence-electron chi connectivity index (χ3n) is 2.99. The monoisotopic (exact) mass is 184 g/mol. The minimum Gasteiger partial charge on any atom is -0.385 e. The van der Waals surface area contributed by atoms with Gasteiger partial charge in [0.2, 0.25) is 0 Å². The molecule has 0 atom stereocenters. The molecule has 1 fully saturated rings. The van der Waals surface area contributed by atoms with E-state index in [1.54, 1.807) is 0 Å². The number of hydrogen-bond acceptors (Lipinski definition) is 2. The van der Waals surface area contributed by atoms with E-state index in [1.807, 2.05) is 6.92 Å². The number of hydrogen-bond donors (Lipinski definition) is 2. The highest BCUT2D eigenvalue weighted by molar-refractivity contribution is 5.86. The van der Waals surface area contributed by atoms with Crippen molar-refractivity contribution in [2.75, 3.05) is 6.61 Å². The molecule has 3 heteroatoms. The Balaban J connectivity index is 2.63. The van der Waals surface area contributed by atoms with Crippen molar-refractivity contribution in [2.24, 2.45) is 11.7 Å². The molecule has 13 heavy (non-hydrogen) atoms. The van der Waals surface area contributed by atoms with Crippen molar-refractivity contribution in [3.8, 4) is 0 Å². The summed E-state index contributed by atoms with van der Waals surface area (Å²) in [6.45, 7) is 4.85. The van der Waals surface area contributed by atoms with Crippen molar-refractivity contribution >= 4 is 5.84 Å². The van der Waals surface area contributed by atoms with Crippen LogP contribution in [0, 0.1) is 11.3 Å². The fourth-order valence-electron chi connectivity index (χ4n) is 2.00. The Morgan fingerprint density at radius 1 is 1.54 bits per heavy atom. The Morgan fingerprint density at radius 3 is 2.46 bits per heavy atom. The normalized spacial score (nSPS) is 34.5. The van der Waals surface area contributed by atoms with E-state index in [-0.39, 0.29) is 5.84 Å². The molecule has 1 aliphatic rings. The molecule has 0 saturated heterocycles. The van der Waals surface area contributed by atoms with Crippen LogP contribution in [0.15, 0.2) is 0 Å². The predicted octanol–water partition coefficient (Wildman–Crippen LogP) is 1.91. The van der Waals surface area contributed by atoms with Crippen molar-refractivity contribution in [1.29, 1.82) is 5.41 Å². The van der Waals surface area contributed by atoms with E-state index in [1.165, 1.54) is 0 Å². The van der Waals surface area contributed by atoms with Gasteiger partial charge in [0, 0.05) is 6.61 Å². The molecule has 1 aliphatic carbocycles. The van der Waals surface area contributed by atoms with Gasteiger partial charge in [0.15, 0.2) is 0 Å². The van der Waals surface area contributed by atoms with E-state index in [0.29, 0.717) is 6.61 Å². The predicted molar refractivity (Wildman–Crippen MR) is 53.9 cm³/mol. The molecular weight excluding hydrogens is 164 g/mol. The number of nitrogens with one attached hydrogen (secondary N) is 1. The van der Waals surface area contributed by atoms with Crippen molar-refractivity contribution in [2.45, 2.75) is 45.1 Å². The van der Waals surface area contributed by atoms with Gasteiger partial charge in [-0.05, 0) is 38.5 Å². The summed E-state index contributed by atoms with van der Waals surface area (Å²) in [5, 5.41) is 7.56. The molecule has 1 rings (SSSR count). The SMILES string of the molecule is CCOC1(C(=N)N)CCC(C)CC1. The van der Waals surface area contributed by atoms with Gasteiger partial charge in [-0.3, -0.25) is 5.41 Å². The molecule has 76 valence electrons. The molecule has 0 aromatic rings. The summed E-state index contributed by atoms with van der Waals surface area (Å²) in [5.41, 5.74) is 5.16. The lowest BCUT2D eigenvalue weighted by Crippen LogP contribution is -2.48. The molecule has 3 N–H and O–H groups in total. The van der Waals surface area contributed by atoms with Crippen LogP contribution in [0.4, 0.5) is 0 Å². The molecular formula is C10H20N2O. The van der Waals surface area contributed by atoms with Gasteiger partial charge in [0.25, 0.3) is 0 Å². The Bertz CT molecular complexity index is 183. The minimum absolute atomic E-state index is 0.209. The second-order valence-electron chi connectivity index (χ2n) is 4.02. The number of amidine groups is 1. The van der Waals surface area contributed by atoms with Crippen LogP contribution in [0.3, 0.4) is 0 Å². The minimum atomic E-state index is -0.429. The quantitative estimate of drug-likeness (QED) is 0.520. The highest BCUT2D eigenvalue weighted by atomic mass is 16.5.